The number of hydrogen-bond donors (Lipinski definition) is 1. The average Bonchev–Trinajstić information content (AvgIpc) is 3.33. The first-order chi connectivity index (χ1) is 20.9. The molecular weight excluding hydrogens is 648 g/mol. The SMILES string of the molecule is CO[C@@H](C)c1ncc(Cl)cc1-c1[nH]c2ccc(Br)cc2c1CC(C)(C)CO[Si](c1ccccc1)(c1ccccc1)C(C)(C)C. The van der Waals surface area contributed by atoms with Crippen LogP contribution < -0.4 is 10.4 Å². The zero-order chi connectivity index (χ0) is 31.7. The largest absolute Gasteiger partial charge is 0.407 e. The molecule has 3 aromatic carbocycles. The summed E-state index contributed by atoms with van der Waals surface area (Å²) in [5, 5.41) is 4.24. The van der Waals surface area contributed by atoms with Crippen molar-refractivity contribution in [1.29, 1.82) is 0 Å². The number of methoxy groups -OCH3 is 1. The van der Waals surface area contributed by atoms with Crippen LogP contribution in [0.25, 0.3) is 22.2 Å². The van der Waals surface area contributed by atoms with Gasteiger partial charge in [0, 0.05) is 40.9 Å². The van der Waals surface area contributed by atoms with Crippen LogP contribution in [0.4, 0.5) is 0 Å². The van der Waals surface area contributed by atoms with Crippen molar-refractivity contribution in [3.8, 4) is 11.3 Å². The van der Waals surface area contributed by atoms with Gasteiger partial charge in [-0.05, 0) is 64.0 Å². The monoisotopic (exact) mass is 688 g/mol. The van der Waals surface area contributed by atoms with Crippen LogP contribution in [0.2, 0.25) is 10.1 Å². The van der Waals surface area contributed by atoms with E-state index in [0.717, 1.165) is 33.4 Å². The first kappa shape index (κ1) is 32.6. The fourth-order valence-corrected chi connectivity index (χ4v) is 11.6. The van der Waals surface area contributed by atoms with Crippen LogP contribution in [0.1, 0.15) is 58.9 Å². The molecule has 4 nitrogen and oxygen atoms in total. The summed E-state index contributed by atoms with van der Waals surface area (Å²) in [5.41, 5.74) is 4.90. The van der Waals surface area contributed by atoms with Crippen molar-refractivity contribution in [2.45, 2.75) is 59.1 Å². The minimum absolute atomic E-state index is 0.0970. The van der Waals surface area contributed by atoms with Crippen molar-refractivity contribution in [1.82, 2.24) is 9.97 Å². The first-order valence-electron chi connectivity index (χ1n) is 15.1. The smallest absolute Gasteiger partial charge is 0.261 e. The van der Waals surface area contributed by atoms with Crippen LogP contribution in [0, 0.1) is 5.41 Å². The Kier molecular flexibility index (Phi) is 9.60. The highest BCUT2D eigenvalue weighted by Gasteiger charge is 2.50. The van der Waals surface area contributed by atoms with Crippen LogP contribution in [0.15, 0.2) is 95.6 Å². The van der Waals surface area contributed by atoms with Gasteiger partial charge >= 0.3 is 0 Å². The van der Waals surface area contributed by atoms with Gasteiger partial charge in [0.2, 0.25) is 0 Å². The molecule has 2 aromatic heterocycles. The molecule has 2 heterocycles. The van der Waals surface area contributed by atoms with E-state index in [0.29, 0.717) is 11.6 Å². The van der Waals surface area contributed by atoms with Crippen molar-refractivity contribution < 1.29 is 9.16 Å². The predicted octanol–water partition coefficient (Wildman–Crippen LogP) is 9.50. The minimum Gasteiger partial charge on any atom is -0.407 e. The molecule has 1 atom stereocenters. The Bertz CT molecular complexity index is 1690. The summed E-state index contributed by atoms with van der Waals surface area (Å²) in [6, 6.07) is 30.1. The Labute approximate surface area is 276 Å². The lowest BCUT2D eigenvalue weighted by atomic mass is 9.84. The number of aromatic nitrogens is 2. The van der Waals surface area contributed by atoms with Crippen molar-refractivity contribution in [3.63, 3.8) is 0 Å². The number of hydrogen-bond acceptors (Lipinski definition) is 3. The van der Waals surface area contributed by atoms with E-state index in [-0.39, 0.29) is 16.6 Å². The molecule has 5 aromatic rings. The van der Waals surface area contributed by atoms with Crippen molar-refractivity contribution in [3.05, 3.63) is 112 Å². The highest BCUT2D eigenvalue weighted by Crippen LogP contribution is 2.42. The molecule has 0 radical (unpaired) electrons. The summed E-state index contributed by atoms with van der Waals surface area (Å²) in [7, 11) is -0.988. The molecular formula is C37H42BrClN2O2Si. The van der Waals surface area contributed by atoms with Gasteiger partial charge in [0.15, 0.2) is 0 Å². The number of nitrogens with one attached hydrogen (secondary N) is 1. The lowest BCUT2D eigenvalue weighted by Crippen LogP contribution is -2.67. The van der Waals surface area contributed by atoms with E-state index >= 15 is 0 Å². The van der Waals surface area contributed by atoms with E-state index in [1.165, 1.54) is 21.3 Å². The van der Waals surface area contributed by atoms with E-state index in [4.69, 9.17) is 25.7 Å². The highest BCUT2D eigenvalue weighted by molar-refractivity contribution is 9.10. The Morgan fingerprint density at radius 1 is 0.909 bits per heavy atom. The number of fused-ring (bicyclic) bond motifs is 1. The minimum atomic E-state index is -2.70. The zero-order valence-corrected chi connectivity index (χ0v) is 30.0. The molecule has 0 fully saturated rings. The van der Waals surface area contributed by atoms with E-state index in [2.05, 4.69) is 134 Å². The average molecular weight is 690 g/mol. The van der Waals surface area contributed by atoms with Gasteiger partial charge in [-0.25, -0.2) is 0 Å². The molecule has 44 heavy (non-hydrogen) atoms. The van der Waals surface area contributed by atoms with Gasteiger partial charge < -0.3 is 14.1 Å². The number of rotatable bonds is 10. The normalized spacial score (nSPS) is 13.4. The van der Waals surface area contributed by atoms with Gasteiger partial charge in [0.05, 0.1) is 22.5 Å². The molecule has 7 heteroatoms. The number of benzene rings is 3. The molecule has 0 unspecified atom stereocenters. The van der Waals surface area contributed by atoms with Gasteiger partial charge in [0.25, 0.3) is 8.32 Å². The standard InChI is InChI=1S/C37H42BrClN2O2Si/c1-25(42-7)34-31(21-27(39)23-40-34)35-32(30-20-26(38)18-19-33(30)41-35)22-37(5,6)24-43-44(36(2,3)4,28-14-10-8-11-15-28)29-16-12-9-13-17-29/h8-21,23,25,41H,22,24H2,1-7H3/t25-/m0/s1. The second kappa shape index (κ2) is 12.9. The van der Waals surface area contributed by atoms with Gasteiger partial charge in [-0.1, -0.05) is 123 Å². The number of halogens is 2. The lowest BCUT2D eigenvalue weighted by molar-refractivity contribution is 0.116. The van der Waals surface area contributed by atoms with Gasteiger partial charge in [0.1, 0.15) is 0 Å². The van der Waals surface area contributed by atoms with Crippen molar-refractivity contribution in [2.24, 2.45) is 5.41 Å². The predicted molar refractivity (Wildman–Crippen MR) is 191 cm³/mol. The van der Waals surface area contributed by atoms with Crippen molar-refractivity contribution in [2.75, 3.05) is 13.7 Å². The highest BCUT2D eigenvalue weighted by atomic mass is 79.9. The third-order valence-electron chi connectivity index (χ3n) is 8.51. The number of aromatic amines is 1. The van der Waals surface area contributed by atoms with E-state index < -0.39 is 8.32 Å². The summed E-state index contributed by atoms with van der Waals surface area (Å²) in [6.45, 7) is 14.2. The second-order valence-corrected chi connectivity index (χ2v) is 19.1. The topological polar surface area (TPSA) is 47.1 Å². The second-order valence-electron chi connectivity index (χ2n) is 13.4. The molecule has 0 saturated heterocycles. The Hall–Kier alpha value is -2.74. The summed E-state index contributed by atoms with van der Waals surface area (Å²) in [4.78, 5) is 8.43. The zero-order valence-electron chi connectivity index (χ0n) is 26.7. The Morgan fingerprint density at radius 2 is 1.52 bits per heavy atom. The molecule has 0 spiro atoms. The number of nitrogens with zero attached hydrogens (tertiary/aromatic N) is 1. The van der Waals surface area contributed by atoms with Gasteiger partial charge in [-0.2, -0.15) is 0 Å². The van der Waals surface area contributed by atoms with Crippen LogP contribution in [-0.4, -0.2) is 32.0 Å². The Morgan fingerprint density at radius 3 is 2.09 bits per heavy atom. The van der Waals surface area contributed by atoms with Crippen LogP contribution in [-0.2, 0) is 15.6 Å². The number of H-pyrrole nitrogens is 1. The summed E-state index contributed by atoms with van der Waals surface area (Å²) in [5.74, 6) is 0. The summed E-state index contributed by atoms with van der Waals surface area (Å²) >= 11 is 10.3. The molecule has 0 aliphatic heterocycles. The molecule has 1 N–H and O–H groups in total. The first-order valence-corrected chi connectivity index (χ1v) is 18.2. The fourth-order valence-electron chi connectivity index (χ4n) is 6.31. The van der Waals surface area contributed by atoms with Crippen molar-refractivity contribution >= 4 is 57.1 Å². The maximum Gasteiger partial charge on any atom is 0.261 e. The van der Waals surface area contributed by atoms with E-state index in [9.17, 15) is 0 Å². The van der Waals surface area contributed by atoms with E-state index in [1.807, 2.05) is 13.0 Å². The van der Waals surface area contributed by atoms with Crippen LogP contribution in [0.3, 0.4) is 0 Å². The molecule has 0 amide bonds. The van der Waals surface area contributed by atoms with Gasteiger partial charge in [-0.15, -0.1) is 0 Å². The maximum absolute atomic E-state index is 7.43. The third kappa shape index (κ3) is 6.47. The fraction of sp³-hybridized carbons (Fsp3) is 0.324. The van der Waals surface area contributed by atoms with E-state index in [1.54, 1.807) is 13.3 Å². The third-order valence-corrected chi connectivity index (χ3v) is 14.2. The molecule has 0 saturated carbocycles. The van der Waals surface area contributed by atoms with Crippen LogP contribution >= 0.6 is 27.5 Å². The lowest BCUT2D eigenvalue weighted by Gasteiger charge is -2.44. The summed E-state index contributed by atoms with van der Waals surface area (Å²) in [6.07, 6.45) is 2.28. The van der Waals surface area contributed by atoms with Gasteiger partial charge in [-0.3, -0.25) is 4.98 Å². The molecule has 0 aliphatic carbocycles. The number of ether oxygens (including phenoxy) is 1. The molecule has 230 valence electrons. The maximum atomic E-state index is 7.43. The van der Waals surface area contributed by atoms with Crippen LogP contribution in [0.5, 0.6) is 0 Å². The molecule has 0 bridgehead atoms. The Balaban J connectivity index is 1.60. The molecule has 5 rings (SSSR count). The summed E-state index contributed by atoms with van der Waals surface area (Å²) < 4.78 is 14.2. The number of pyridine rings is 1. The quantitative estimate of drug-likeness (QED) is 0.149. The molecule has 0 aliphatic rings.